The van der Waals surface area contributed by atoms with Gasteiger partial charge in [-0.15, -0.1) is 0 Å². The van der Waals surface area contributed by atoms with Crippen molar-refractivity contribution in [3.8, 4) is 5.75 Å². The second-order valence-corrected chi connectivity index (χ2v) is 9.48. The lowest BCUT2D eigenvalue weighted by atomic mass is 10.2. The Labute approximate surface area is 190 Å². The lowest BCUT2D eigenvalue weighted by Crippen LogP contribution is -2.28. The largest absolute Gasteiger partial charge is 0.495 e. The van der Waals surface area contributed by atoms with Gasteiger partial charge in [-0.05, 0) is 49.2 Å². The number of sulfonamides is 1. The Morgan fingerprint density at radius 3 is 2.42 bits per heavy atom. The Hall–Kier alpha value is -2.33. The highest BCUT2D eigenvalue weighted by Crippen LogP contribution is 2.28. The average Bonchev–Trinajstić information content (AvgIpc) is 3.28. The highest BCUT2D eigenvalue weighted by Gasteiger charge is 2.28. The number of hydrogen-bond acceptors (Lipinski definition) is 6. The summed E-state index contributed by atoms with van der Waals surface area (Å²) in [6.07, 6.45) is 1.58. The Bertz CT molecular complexity index is 1100. The lowest BCUT2D eigenvalue weighted by Gasteiger charge is -2.16. The van der Waals surface area contributed by atoms with Gasteiger partial charge in [-0.1, -0.05) is 23.2 Å². The van der Waals surface area contributed by atoms with E-state index in [2.05, 4.69) is 5.32 Å². The first-order chi connectivity index (χ1) is 14.7. The fraction of sp³-hybridized carbons (Fsp3) is 0.300. The summed E-state index contributed by atoms with van der Waals surface area (Å²) in [6, 6.07) is 8.47. The predicted octanol–water partition coefficient (Wildman–Crippen LogP) is 3.58. The van der Waals surface area contributed by atoms with Crippen LogP contribution in [0.15, 0.2) is 41.3 Å². The van der Waals surface area contributed by atoms with E-state index in [1.54, 1.807) is 12.1 Å². The molecule has 0 unspecified atom stereocenters. The van der Waals surface area contributed by atoms with Gasteiger partial charge in [0, 0.05) is 18.8 Å². The molecule has 3 rings (SSSR count). The molecule has 1 saturated heterocycles. The van der Waals surface area contributed by atoms with Gasteiger partial charge < -0.3 is 14.8 Å². The second kappa shape index (κ2) is 9.86. The Morgan fingerprint density at radius 1 is 1.06 bits per heavy atom. The molecular formula is C20H20Cl2N2O6S. The van der Waals surface area contributed by atoms with E-state index in [9.17, 15) is 18.0 Å². The van der Waals surface area contributed by atoms with E-state index in [4.69, 9.17) is 32.7 Å². The molecule has 11 heteroatoms. The van der Waals surface area contributed by atoms with E-state index in [1.165, 1.54) is 35.7 Å². The SMILES string of the molecule is COc1ccc(NC(=O)COC(=O)c2cc(S(=O)(=O)N3CCCC3)ccc2Cl)cc1Cl. The minimum absolute atomic E-state index is 0.0210. The van der Waals surface area contributed by atoms with Crippen molar-refractivity contribution < 1.29 is 27.5 Å². The van der Waals surface area contributed by atoms with Crippen molar-refractivity contribution >= 4 is 50.8 Å². The third kappa shape index (κ3) is 5.48. The van der Waals surface area contributed by atoms with Gasteiger partial charge in [0.15, 0.2) is 6.61 Å². The number of benzene rings is 2. The molecule has 1 heterocycles. The highest BCUT2D eigenvalue weighted by molar-refractivity contribution is 7.89. The molecule has 0 aliphatic carbocycles. The summed E-state index contributed by atoms with van der Waals surface area (Å²) in [5.41, 5.74) is 0.255. The number of methoxy groups -OCH3 is 1. The number of halogens is 2. The minimum Gasteiger partial charge on any atom is -0.495 e. The molecule has 0 aromatic heterocycles. The quantitative estimate of drug-likeness (QED) is 0.600. The fourth-order valence-corrected chi connectivity index (χ4v) is 5.05. The summed E-state index contributed by atoms with van der Waals surface area (Å²) in [7, 11) is -2.26. The summed E-state index contributed by atoms with van der Waals surface area (Å²) in [6.45, 7) is 0.266. The summed E-state index contributed by atoms with van der Waals surface area (Å²) in [5.74, 6) is -1.07. The molecule has 2 aromatic rings. The van der Waals surface area contributed by atoms with Crippen LogP contribution in [0.5, 0.6) is 5.75 Å². The van der Waals surface area contributed by atoms with E-state index < -0.39 is 28.5 Å². The van der Waals surface area contributed by atoms with Gasteiger partial charge in [0.1, 0.15) is 5.75 Å². The molecule has 0 spiro atoms. The van der Waals surface area contributed by atoms with Gasteiger partial charge in [-0.25, -0.2) is 13.2 Å². The van der Waals surface area contributed by atoms with E-state index in [0.29, 0.717) is 29.5 Å². The van der Waals surface area contributed by atoms with E-state index in [0.717, 1.165) is 12.8 Å². The first-order valence-electron chi connectivity index (χ1n) is 9.32. The van der Waals surface area contributed by atoms with E-state index >= 15 is 0 Å². The van der Waals surface area contributed by atoms with Crippen molar-refractivity contribution in [3.63, 3.8) is 0 Å². The highest BCUT2D eigenvalue weighted by atomic mass is 35.5. The molecule has 1 fully saturated rings. The summed E-state index contributed by atoms with van der Waals surface area (Å²) in [5, 5.41) is 2.86. The van der Waals surface area contributed by atoms with Crippen molar-refractivity contribution in [1.82, 2.24) is 4.31 Å². The van der Waals surface area contributed by atoms with Gasteiger partial charge in [-0.3, -0.25) is 4.79 Å². The molecule has 1 aliphatic heterocycles. The summed E-state index contributed by atoms with van der Waals surface area (Å²) >= 11 is 12.1. The number of carbonyl (C=O) groups excluding carboxylic acids is 2. The number of nitrogens with one attached hydrogen (secondary N) is 1. The number of ether oxygens (including phenoxy) is 2. The summed E-state index contributed by atoms with van der Waals surface area (Å²) in [4.78, 5) is 24.5. The first kappa shape index (κ1) is 23.3. The van der Waals surface area contributed by atoms with Crippen molar-refractivity contribution in [2.24, 2.45) is 0 Å². The molecule has 8 nitrogen and oxygen atoms in total. The zero-order valence-electron chi connectivity index (χ0n) is 16.6. The third-order valence-electron chi connectivity index (χ3n) is 4.63. The van der Waals surface area contributed by atoms with Crippen LogP contribution in [0.4, 0.5) is 5.69 Å². The average molecular weight is 487 g/mol. The van der Waals surface area contributed by atoms with Crippen LogP contribution in [0.25, 0.3) is 0 Å². The smallest absolute Gasteiger partial charge is 0.340 e. The van der Waals surface area contributed by atoms with Gasteiger partial charge in [-0.2, -0.15) is 4.31 Å². The van der Waals surface area contributed by atoms with Crippen LogP contribution in [-0.4, -0.2) is 51.4 Å². The van der Waals surface area contributed by atoms with Gasteiger partial charge in [0.05, 0.1) is 27.6 Å². The zero-order chi connectivity index (χ0) is 22.6. The molecule has 0 saturated carbocycles. The number of anilines is 1. The van der Waals surface area contributed by atoms with Crippen LogP contribution < -0.4 is 10.1 Å². The Balaban J connectivity index is 1.66. The molecule has 166 valence electrons. The van der Waals surface area contributed by atoms with Crippen molar-refractivity contribution in [2.45, 2.75) is 17.7 Å². The van der Waals surface area contributed by atoms with Crippen molar-refractivity contribution in [1.29, 1.82) is 0 Å². The van der Waals surface area contributed by atoms with Gasteiger partial charge >= 0.3 is 5.97 Å². The maximum atomic E-state index is 12.7. The number of nitrogens with zero attached hydrogens (tertiary/aromatic N) is 1. The summed E-state index contributed by atoms with van der Waals surface area (Å²) < 4.78 is 36.8. The van der Waals surface area contributed by atoms with Gasteiger partial charge in [0.25, 0.3) is 5.91 Å². The maximum Gasteiger partial charge on any atom is 0.340 e. The number of carbonyl (C=O) groups is 2. The molecule has 2 aromatic carbocycles. The number of hydrogen-bond donors (Lipinski definition) is 1. The van der Waals surface area contributed by atoms with Gasteiger partial charge in [0.2, 0.25) is 10.0 Å². The molecule has 0 atom stereocenters. The molecule has 1 aliphatic rings. The van der Waals surface area contributed by atoms with Crippen molar-refractivity contribution in [3.05, 3.63) is 52.0 Å². The first-order valence-corrected chi connectivity index (χ1v) is 11.5. The molecular weight excluding hydrogens is 467 g/mol. The minimum atomic E-state index is -3.73. The van der Waals surface area contributed by atoms with Crippen LogP contribution in [0.2, 0.25) is 10.0 Å². The van der Waals surface area contributed by atoms with Crippen LogP contribution in [0.3, 0.4) is 0 Å². The normalized spacial score (nSPS) is 14.3. The monoisotopic (exact) mass is 486 g/mol. The van der Waals surface area contributed by atoms with Crippen LogP contribution in [0, 0.1) is 0 Å². The topological polar surface area (TPSA) is 102 Å². The van der Waals surface area contributed by atoms with Crippen LogP contribution >= 0.6 is 23.2 Å². The van der Waals surface area contributed by atoms with Crippen molar-refractivity contribution in [2.75, 3.05) is 32.1 Å². The Morgan fingerprint density at radius 2 is 1.77 bits per heavy atom. The number of amides is 1. The molecule has 1 N–H and O–H groups in total. The Kier molecular flexibility index (Phi) is 7.42. The second-order valence-electron chi connectivity index (χ2n) is 6.73. The zero-order valence-corrected chi connectivity index (χ0v) is 18.9. The number of rotatable bonds is 7. The van der Waals surface area contributed by atoms with Crippen LogP contribution in [0.1, 0.15) is 23.2 Å². The molecule has 1 amide bonds. The number of esters is 1. The molecule has 31 heavy (non-hydrogen) atoms. The fourth-order valence-electron chi connectivity index (χ4n) is 3.05. The van der Waals surface area contributed by atoms with E-state index in [-0.39, 0.29) is 15.5 Å². The van der Waals surface area contributed by atoms with E-state index in [1.807, 2.05) is 0 Å². The standard InChI is InChI=1S/C20H20Cl2N2O6S/c1-29-18-7-4-13(10-17(18)22)23-19(25)12-30-20(26)15-11-14(5-6-16(15)21)31(27,28)24-8-2-3-9-24/h4-7,10-11H,2-3,8-9,12H2,1H3,(H,23,25). The predicted molar refractivity (Wildman–Crippen MR) is 116 cm³/mol. The van der Waals surface area contributed by atoms with Crippen LogP contribution in [-0.2, 0) is 19.6 Å². The lowest BCUT2D eigenvalue weighted by molar-refractivity contribution is -0.119. The maximum absolute atomic E-state index is 12.7. The molecule has 0 bridgehead atoms. The molecule has 0 radical (unpaired) electrons. The third-order valence-corrected chi connectivity index (χ3v) is 7.15.